The van der Waals surface area contributed by atoms with Gasteiger partial charge in [0.25, 0.3) is 11.4 Å². The Balaban J connectivity index is 2.38. The van der Waals surface area contributed by atoms with Gasteiger partial charge in [0.1, 0.15) is 5.69 Å². The zero-order valence-electron chi connectivity index (χ0n) is 17.3. The van der Waals surface area contributed by atoms with Crippen molar-refractivity contribution in [2.24, 2.45) is 0 Å². The average Bonchev–Trinajstić information content (AvgIpc) is 2.71. The molecule has 0 saturated carbocycles. The Morgan fingerprint density at radius 1 is 0.931 bits per heavy atom. The Morgan fingerprint density at radius 2 is 1.59 bits per heavy atom. The number of nitrogens with zero attached hydrogens (tertiary/aromatic N) is 2. The summed E-state index contributed by atoms with van der Waals surface area (Å²) in [6.45, 7) is 6.00. The van der Waals surface area contributed by atoms with Crippen molar-refractivity contribution in [1.29, 1.82) is 0 Å². The lowest BCUT2D eigenvalue weighted by molar-refractivity contribution is -0.394. The van der Waals surface area contributed by atoms with Gasteiger partial charge in [0.05, 0.1) is 15.9 Å². The second kappa shape index (κ2) is 10.5. The molecule has 0 saturated heterocycles. The first kappa shape index (κ1) is 22.3. The summed E-state index contributed by atoms with van der Waals surface area (Å²) in [5, 5.41) is 26.4. The highest BCUT2D eigenvalue weighted by Gasteiger charge is 2.27. The van der Waals surface area contributed by atoms with E-state index in [0.717, 1.165) is 43.7 Å². The number of nitro benzene ring substituents is 2. The van der Waals surface area contributed by atoms with Crippen LogP contribution in [-0.4, -0.2) is 9.85 Å². The van der Waals surface area contributed by atoms with Crippen LogP contribution in [0.2, 0.25) is 0 Å². The molecule has 0 heterocycles. The Hall–Kier alpha value is -2.96. The zero-order valence-corrected chi connectivity index (χ0v) is 17.3. The molecule has 0 aliphatic rings. The number of unbranched alkanes of at least 4 members (excludes halogenated alkanes) is 3. The van der Waals surface area contributed by atoms with E-state index < -0.39 is 9.85 Å². The molecule has 7 nitrogen and oxygen atoms in total. The van der Waals surface area contributed by atoms with Crippen LogP contribution in [0.1, 0.15) is 76.0 Å². The molecule has 2 aromatic rings. The molecule has 156 valence electrons. The van der Waals surface area contributed by atoms with Crippen LogP contribution in [0.4, 0.5) is 17.1 Å². The molecule has 2 rings (SSSR count). The molecule has 0 aromatic heterocycles. The van der Waals surface area contributed by atoms with Gasteiger partial charge in [-0.05, 0) is 30.9 Å². The van der Waals surface area contributed by atoms with E-state index in [-0.39, 0.29) is 23.3 Å². The van der Waals surface area contributed by atoms with Crippen LogP contribution in [0, 0.1) is 20.2 Å². The highest BCUT2D eigenvalue weighted by atomic mass is 16.6. The number of hydrogen-bond donors (Lipinski definition) is 1. The van der Waals surface area contributed by atoms with E-state index in [2.05, 4.69) is 12.2 Å². The van der Waals surface area contributed by atoms with Crippen LogP contribution in [0.3, 0.4) is 0 Å². The van der Waals surface area contributed by atoms with E-state index in [1.54, 1.807) is 6.07 Å². The van der Waals surface area contributed by atoms with E-state index in [1.165, 1.54) is 0 Å². The smallest absolute Gasteiger partial charge is 0.299 e. The second-order valence-electron chi connectivity index (χ2n) is 7.47. The summed E-state index contributed by atoms with van der Waals surface area (Å²) in [6.07, 6.45) is 5.13. The van der Waals surface area contributed by atoms with Gasteiger partial charge < -0.3 is 5.32 Å². The second-order valence-corrected chi connectivity index (χ2v) is 7.47. The van der Waals surface area contributed by atoms with Crippen LogP contribution in [0.5, 0.6) is 0 Å². The normalized spacial score (nSPS) is 12.9. The summed E-state index contributed by atoms with van der Waals surface area (Å²) in [5.74, 6) is -0.0550. The topological polar surface area (TPSA) is 98.3 Å². The fourth-order valence-corrected chi connectivity index (χ4v) is 3.50. The number of nitrogens with one attached hydrogen (secondary N) is 1. The summed E-state index contributed by atoms with van der Waals surface area (Å²) in [5.41, 5.74) is 1.38. The molecule has 29 heavy (non-hydrogen) atoms. The summed E-state index contributed by atoms with van der Waals surface area (Å²) in [4.78, 5) is 22.1. The van der Waals surface area contributed by atoms with Crippen molar-refractivity contribution in [2.45, 2.75) is 64.8 Å². The summed E-state index contributed by atoms with van der Waals surface area (Å²) in [6, 6.07) is 12.1. The monoisotopic (exact) mass is 399 g/mol. The fraction of sp³-hybridized carbons (Fsp3) is 0.455. The molecule has 2 aromatic carbocycles. The number of benzene rings is 2. The molecule has 2 atom stereocenters. The van der Waals surface area contributed by atoms with Crippen molar-refractivity contribution in [3.8, 4) is 0 Å². The minimum Gasteiger partial charge on any atom is -0.373 e. The Labute approximate surface area is 171 Å². The van der Waals surface area contributed by atoms with E-state index in [9.17, 15) is 20.2 Å². The van der Waals surface area contributed by atoms with E-state index in [4.69, 9.17) is 0 Å². The summed E-state index contributed by atoms with van der Waals surface area (Å²) >= 11 is 0. The van der Waals surface area contributed by atoms with Gasteiger partial charge in [0.15, 0.2) is 0 Å². The quantitative estimate of drug-likeness (QED) is 0.256. The molecule has 0 aliphatic carbocycles. The molecule has 1 N–H and O–H groups in total. The van der Waals surface area contributed by atoms with Crippen molar-refractivity contribution in [1.82, 2.24) is 0 Å². The lowest BCUT2D eigenvalue weighted by Gasteiger charge is -2.18. The van der Waals surface area contributed by atoms with Crippen molar-refractivity contribution in [3.63, 3.8) is 0 Å². The molecule has 0 radical (unpaired) electrons. The number of anilines is 1. The lowest BCUT2D eigenvalue weighted by atomic mass is 9.92. The molecule has 0 bridgehead atoms. The van der Waals surface area contributed by atoms with Gasteiger partial charge in [0, 0.05) is 11.6 Å². The summed E-state index contributed by atoms with van der Waals surface area (Å²) < 4.78 is 0. The number of nitro groups is 2. The van der Waals surface area contributed by atoms with E-state index in [1.807, 2.05) is 44.2 Å². The molecule has 0 spiro atoms. The van der Waals surface area contributed by atoms with Crippen molar-refractivity contribution in [2.75, 3.05) is 5.32 Å². The number of hydrogen-bond acceptors (Lipinski definition) is 5. The predicted octanol–water partition coefficient (Wildman–Crippen LogP) is 6.75. The number of rotatable bonds is 11. The molecule has 0 unspecified atom stereocenters. The average molecular weight is 399 g/mol. The Kier molecular flexibility index (Phi) is 8.12. The van der Waals surface area contributed by atoms with Crippen LogP contribution < -0.4 is 5.32 Å². The lowest BCUT2D eigenvalue weighted by Crippen LogP contribution is -2.10. The molecule has 0 fully saturated rings. The third kappa shape index (κ3) is 6.01. The third-order valence-electron chi connectivity index (χ3n) is 5.23. The first-order chi connectivity index (χ1) is 13.8. The highest BCUT2D eigenvalue weighted by molar-refractivity contribution is 5.69. The summed E-state index contributed by atoms with van der Waals surface area (Å²) in [7, 11) is 0. The minimum atomic E-state index is -0.567. The van der Waals surface area contributed by atoms with E-state index >= 15 is 0 Å². The van der Waals surface area contributed by atoms with Crippen molar-refractivity contribution < 1.29 is 9.85 Å². The predicted molar refractivity (Wildman–Crippen MR) is 115 cm³/mol. The minimum absolute atomic E-state index is 0.0550. The Morgan fingerprint density at radius 3 is 2.17 bits per heavy atom. The molecule has 0 amide bonds. The molecule has 0 aliphatic heterocycles. The van der Waals surface area contributed by atoms with Crippen LogP contribution in [0.15, 0.2) is 42.5 Å². The van der Waals surface area contributed by atoms with Crippen molar-refractivity contribution >= 4 is 17.1 Å². The van der Waals surface area contributed by atoms with Gasteiger partial charge in [-0.2, -0.15) is 0 Å². The van der Waals surface area contributed by atoms with Crippen LogP contribution in [0.25, 0.3) is 0 Å². The molecule has 7 heteroatoms. The van der Waals surface area contributed by atoms with Crippen LogP contribution >= 0.6 is 0 Å². The third-order valence-corrected chi connectivity index (χ3v) is 5.23. The van der Waals surface area contributed by atoms with Gasteiger partial charge in [-0.25, -0.2) is 0 Å². The van der Waals surface area contributed by atoms with Crippen LogP contribution in [-0.2, 0) is 0 Å². The largest absolute Gasteiger partial charge is 0.373 e. The van der Waals surface area contributed by atoms with Gasteiger partial charge in [-0.15, -0.1) is 0 Å². The van der Waals surface area contributed by atoms with Crippen molar-refractivity contribution in [3.05, 3.63) is 73.8 Å². The van der Waals surface area contributed by atoms with E-state index in [0.29, 0.717) is 11.3 Å². The molecular formula is C22H29N3O4. The van der Waals surface area contributed by atoms with Gasteiger partial charge >= 0.3 is 0 Å². The standard InChI is InChI=1S/C22H29N3O4/c1-4-5-6-8-11-16(2)19-14-20(22(25(28)29)15-21(19)24(26)27)23-17(3)18-12-9-7-10-13-18/h7,9-10,12-17,23H,4-6,8,11H2,1-3H3/t16-,17-/m0/s1. The first-order valence-electron chi connectivity index (χ1n) is 10.1. The first-order valence-corrected chi connectivity index (χ1v) is 10.1. The fourth-order valence-electron chi connectivity index (χ4n) is 3.50. The SMILES string of the molecule is CCCCCC[C@H](C)c1cc(N[C@@H](C)c2ccccc2)c([N+](=O)[O-])cc1[N+](=O)[O-]. The maximum Gasteiger partial charge on any atom is 0.299 e. The highest BCUT2D eigenvalue weighted by Crippen LogP contribution is 2.39. The van der Waals surface area contributed by atoms with Gasteiger partial charge in [-0.3, -0.25) is 20.2 Å². The van der Waals surface area contributed by atoms with Gasteiger partial charge in [-0.1, -0.05) is 69.9 Å². The maximum absolute atomic E-state index is 11.6. The maximum atomic E-state index is 11.6. The van der Waals surface area contributed by atoms with Gasteiger partial charge in [0.2, 0.25) is 0 Å². The molecular weight excluding hydrogens is 370 g/mol. The zero-order chi connectivity index (χ0) is 21.4. The Bertz CT molecular complexity index is 839.